The third kappa shape index (κ3) is 3.55. The average Bonchev–Trinajstić information content (AvgIpc) is 2.41. The van der Waals surface area contributed by atoms with Gasteiger partial charge in [0, 0.05) is 20.2 Å². The first-order valence-electron chi connectivity index (χ1n) is 7.60. The third-order valence-electron chi connectivity index (χ3n) is 4.19. The number of ether oxygens (including phenoxy) is 2. The molecule has 21 heavy (non-hydrogen) atoms. The van der Waals surface area contributed by atoms with Crippen molar-refractivity contribution < 1.29 is 19.1 Å². The predicted molar refractivity (Wildman–Crippen MR) is 77.9 cm³/mol. The zero-order valence-electron chi connectivity index (χ0n) is 13.4. The number of carbonyl (C=O) groups excluding carboxylic acids is 2. The SMILES string of the molecule is COC1CCC2(CC1)NCCN(C(=O)OC(C)(C)C)C2=O. The van der Waals surface area contributed by atoms with Gasteiger partial charge in [-0.15, -0.1) is 0 Å². The van der Waals surface area contributed by atoms with Crippen molar-refractivity contribution in [2.24, 2.45) is 0 Å². The van der Waals surface area contributed by atoms with Crippen LogP contribution in [0, 0.1) is 0 Å². The Hall–Kier alpha value is -1.14. The molecule has 1 aliphatic carbocycles. The Morgan fingerprint density at radius 1 is 1.33 bits per heavy atom. The van der Waals surface area contributed by atoms with Crippen LogP contribution in [0.5, 0.6) is 0 Å². The molecule has 0 aromatic heterocycles. The Labute approximate surface area is 126 Å². The van der Waals surface area contributed by atoms with Crippen molar-refractivity contribution in [1.82, 2.24) is 10.2 Å². The van der Waals surface area contributed by atoms with Crippen LogP contribution in [0.15, 0.2) is 0 Å². The summed E-state index contributed by atoms with van der Waals surface area (Å²) in [6.07, 6.45) is 2.73. The van der Waals surface area contributed by atoms with Gasteiger partial charge in [-0.2, -0.15) is 0 Å². The number of carbonyl (C=O) groups is 2. The minimum absolute atomic E-state index is 0.155. The number of hydrogen-bond acceptors (Lipinski definition) is 5. The van der Waals surface area contributed by atoms with Crippen molar-refractivity contribution >= 4 is 12.0 Å². The zero-order valence-corrected chi connectivity index (χ0v) is 13.4. The summed E-state index contributed by atoms with van der Waals surface area (Å²) in [4.78, 5) is 26.2. The summed E-state index contributed by atoms with van der Waals surface area (Å²) >= 11 is 0. The summed E-state index contributed by atoms with van der Waals surface area (Å²) in [5, 5.41) is 3.32. The quantitative estimate of drug-likeness (QED) is 0.798. The molecule has 2 rings (SSSR count). The summed E-state index contributed by atoms with van der Waals surface area (Å²) < 4.78 is 10.7. The van der Waals surface area contributed by atoms with Gasteiger partial charge in [0.05, 0.1) is 11.6 Å². The second-order valence-corrected chi connectivity index (χ2v) is 6.88. The first-order valence-corrected chi connectivity index (χ1v) is 7.60. The van der Waals surface area contributed by atoms with Crippen molar-refractivity contribution in [1.29, 1.82) is 0 Å². The maximum absolute atomic E-state index is 12.7. The van der Waals surface area contributed by atoms with Gasteiger partial charge in [-0.3, -0.25) is 4.79 Å². The molecule has 1 saturated carbocycles. The molecule has 1 spiro atoms. The van der Waals surface area contributed by atoms with Crippen LogP contribution in [0.1, 0.15) is 46.5 Å². The van der Waals surface area contributed by atoms with Crippen LogP contribution in [0.3, 0.4) is 0 Å². The van der Waals surface area contributed by atoms with E-state index in [-0.39, 0.29) is 12.0 Å². The molecule has 1 heterocycles. The van der Waals surface area contributed by atoms with E-state index in [9.17, 15) is 9.59 Å². The molecule has 2 aliphatic rings. The predicted octanol–water partition coefficient (Wildman–Crippen LogP) is 1.68. The molecule has 0 unspecified atom stereocenters. The lowest BCUT2D eigenvalue weighted by atomic mass is 9.78. The van der Waals surface area contributed by atoms with Crippen LogP contribution in [-0.4, -0.2) is 54.3 Å². The second kappa shape index (κ2) is 5.93. The number of nitrogens with zero attached hydrogens (tertiary/aromatic N) is 1. The monoisotopic (exact) mass is 298 g/mol. The molecule has 1 aliphatic heterocycles. The van der Waals surface area contributed by atoms with Crippen LogP contribution in [0.25, 0.3) is 0 Å². The minimum atomic E-state index is -0.621. The first kappa shape index (κ1) is 16.2. The average molecular weight is 298 g/mol. The summed E-state index contributed by atoms with van der Waals surface area (Å²) in [6, 6.07) is 0. The number of nitrogens with one attached hydrogen (secondary N) is 1. The Bertz CT molecular complexity index is 408. The molecule has 1 N–H and O–H groups in total. The van der Waals surface area contributed by atoms with E-state index in [0.29, 0.717) is 25.9 Å². The van der Waals surface area contributed by atoms with Gasteiger partial charge in [0.1, 0.15) is 5.60 Å². The van der Waals surface area contributed by atoms with Gasteiger partial charge in [0.2, 0.25) is 0 Å². The molecule has 0 radical (unpaired) electrons. The largest absolute Gasteiger partial charge is 0.443 e. The third-order valence-corrected chi connectivity index (χ3v) is 4.19. The molecular formula is C15H26N2O4. The summed E-state index contributed by atoms with van der Waals surface area (Å²) in [5.74, 6) is -0.155. The highest BCUT2D eigenvalue weighted by Crippen LogP contribution is 2.33. The number of piperazine rings is 1. The van der Waals surface area contributed by atoms with Crippen LogP contribution in [-0.2, 0) is 14.3 Å². The second-order valence-electron chi connectivity index (χ2n) is 6.88. The van der Waals surface area contributed by atoms with E-state index in [1.54, 1.807) is 27.9 Å². The van der Waals surface area contributed by atoms with E-state index in [1.165, 1.54) is 4.90 Å². The molecular weight excluding hydrogens is 272 g/mol. The lowest BCUT2D eigenvalue weighted by Gasteiger charge is -2.45. The minimum Gasteiger partial charge on any atom is -0.443 e. The molecule has 0 aromatic rings. The number of rotatable bonds is 1. The summed E-state index contributed by atoms with van der Waals surface area (Å²) in [5.41, 5.74) is -1.21. The lowest BCUT2D eigenvalue weighted by molar-refractivity contribution is -0.143. The highest BCUT2D eigenvalue weighted by molar-refractivity contribution is 5.98. The van der Waals surface area contributed by atoms with Crippen molar-refractivity contribution in [2.75, 3.05) is 20.2 Å². The van der Waals surface area contributed by atoms with E-state index in [1.807, 2.05) is 0 Å². The molecule has 2 amide bonds. The van der Waals surface area contributed by atoms with Crippen LogP contribution in [0.4, 0.5) is 4.79 Å². The standard InChI is InChI=1S/C15H26N2O4/c1-14(2,3)21-13(19)17-10-9-16-15(12(17)18)7-5-11(20-4)6-8-15/h11,16H,5-10H2,1-4H3. The number of hydrogen-bond donors (Lipinski definition) is 1. The van der Waals surface area contributed by atoms with Gasteiger partial charge in [-0.25, -0.2) is 9.69 Å². The van der Waals surface area contributed by atoms with Crippen molar-refractivity contribution in [2.45, 2.75) is 63.7 Å². The fourth-order valence-corrected chi connectivity index (χ4v) is 3.04. The van der Waals surface area contributed by atoms with Gasteiger partial charge in [-0.1, -0.05) is 0 Å². The van der Waals surface area contributed by atoms with E-state index in [0.717, 1.165) is 12.8 Å². The van der Waals surface area contributed by atoms with Gasteiger partial charge >= 0.3 is 6.09 Å². The zero-order chi connectivity index (χ0) is 15.7. The van der Waals surface area contributed by atoms with Crippen molar-refractivity contribution in [3.63, 3.8) is 0 Å². The molecule has 2 fully saturated rings. The van der Waals surface area contributed by atoms with Gasteiger partial charge in [0.25, 0.3) is 5.91 Å². The number of imide groups is 1. The smallest absolute Gasteiger partial charge is 0.417 e. The fourth-order valence-electron chi connectivity index (χ4n) is 3.04. The van der Waals surface area contributed by atoms with E-state index < -0.39 is 17.2 Å². The van der Waals surface area contributed by atoms with E-state index in [2.05, 4.69) is 5.32 Å². The first-order chi connectivity index (χ1) is 9.77. The Morgan fingerprint density at radius 3 is 2.48 bits per heavy atom. The molecule has 6 nitrogen and oxygen atoms in total. The Kier molecular flexibility index (Phi) is 4.58. The normalized spacial score (nSPS) is 30.6. The van der Waals surface area contributed by atoms with Crippen molar-refractivity contribution in [3.05, 3.63) is 0 Å². The molecule has 0 aromatic carbocycles. The topological polar surface area (TPSA) is 67.9 Å². The van der Waals surface area contributed by atoms with Gasteiger partial charge < -0.3 is 14.8 Å². The van der Waals surface area contributed by atoms with Crippen LogP contribution < -0.4 is 5.32 Å². The Morgan fingerprint density at radius 2 is 1.95 bits per heavy atom. The van der Waals surface area contributed by atoms with Gasteiger partial charge in [0.15, 0.2) is 0 Å². The van der Waals surface area contributed by atoms with Crippen molar-refractivity contribution in [3.8, 4) is 0 Å². The fraction of sp³-hybridized carbons (Fsp3) is 0.867. The maximum atomic E-state index is 12.7. The number of methoxy groups -OCH3 is 1. The molecule has 0 bridgehead atoms. The van der Waals surface area contributed by atoms with Crippen LogP contribution in [0.2, 0.25) is 0 Å². The maximum Gasteiger partial charge on any atom is 0.417 e. The van der Waals surface area contributed by atoms with E-state index in [4.69, 9.17) is 9.47 Å². The highest BCUT2D eigenvalue weighted by atomic mass is 16.6. The lowest BCUT2D eigenvalue weighted by Crippen LogP contribution is -2.67. The number of amides is 2. The molecule has 6 heteroatoms. The van der Waals surface area contributed by atoms with E-state index >= 15 is 0 Å². The summed E-state index contributed by atoms with van der Waals surface area (Å²) in [6.45, 7) is 6.39. The molecule has 1 saturated heterocycles. The van der Waals surface area contributed by atoms with Gasteiger partial charge in [-0.05, 0) is 46.5 Å². The summed E-state index contributed by atoms with van der Waals surface area (Å²) in [7, 11) is 1.70. The highest BCUT2D eigenvalue weighted by Gasteiger charge is 2.48. The molecule has 120 valence electrons. The van der Waals surface area contributed by atoms with Crippen LogP contribution >= 0.6 is 0 Å². The molecule has 0 atom stereocenters. The Balaban J connectivity index is 2.06.